The number of ether oxygens (including phenoxy) is 2. The third-order valence-electron chi connectivity index (χ3n) is 3.03. The first kappa shape index (κ1) is 16.5. The van der Waals surface area contributed by atoms with Gasteiger partial charge in [-0.2, -0.15) is 0 Å². The number of nitrogens with one attached hydrogen (secondary N) is 1. The highest BCUT2D eigenvalue weighted by Gasteiger charge is 2.12. The Kier molecular flexibility index (Phi) is 5.30. The quantitative estimate of drug-likeness (QED) is 0.832. The van der Waals surface area contributed by atoms with Gasteiger partial charge in [0, 0.05) is 5.69 Å². The molecule has 0 radical (unpaired) electrons. The Morgan fingerprint density at radius 2 is 1.96 bits per heavy atom. The van der Waals surface area contributed by atoms with Crippen LogP contribution in [-0.4, -0.2) is 25.4 Å². The molecule has 1 amide bonds. The van der Waals surface area contributed by atoms with Gasteiger partial charge in [0.25, 0.3) is 5.91 Å². The van der Waals surface area contributed by atoms with E-state index in [0.717, 1.165) is 0 Å². The Bertz CT molecular complexity index is 730. The van der Waals surface area contributed by atoms with E-state index in [0.29, 0.717) is 17.0 Å². The maximum Gasteiger partial charge on any atom is 0.262 e. The van der Waals surface area contributed by atoms with E-state index >= 15 is 0 Å². The zero-order chi connectivity index (χ0) is 16.8. The van der Waals surface area contributed by atoms with Gasteiger partial charge in [0.1, 0.15) is 17.3 Å². The SMILES string of the molecule is COc1ccc(OCC(=O)Nc2cccc(F)c2)c(C(C)=O)c1. The summed E-state index contributed by atoms with van der Waals surface area (Å²) in [7, 11) is 1.49. The summed E-state index contributed by atoms with van der Waals surface area (Å²) in [5, 5.41) is 2.51. The molecule has 2 aromatic carbocycles. The lowest BCUT2D eigenvalue weighted by Crippen LogP contribution is -2.20. The molecule has 0 saturated heterocycles. The molecule has 0 spiro atoms. The van der Waals surface area contributed by atoms with Crippen molar-refractivity contribution in [2.45, 2.75) is 6.92 Å². The highest BCUT2D eigenvalue weighted by Crippen LogP contribution is 2.24. The number of carbonyl (C=O) groups is 2. The summed E-state index contributed by atoms with van der Waals surface area (Å²) in [4.78, 5) is 23.5. The number of anilines is 1. The molecule has 0 aromatic heterocycles. The summed E-state index contributed by atoms with van der Waals surface area (Å²) < 4.78 is 23.5. The molecule has 0 atom stereocenters. The van der Waals surface area contributed by atoms with Gasteiger partial charge >= 0.3 is 0 Å². The molecule has 0 unspecified atom stereocenters. The molecule has 0 bridgehead atoms. The third-order valence-corrected chi connectivity index (χ3v) is 3.03. The zero-order valence-electron chi connectivity index (χ0n) is 12.8. The topological polar surface area (TPSA) is 64.6 Å². The van der Waals surface area contributed by atoms with E-state index in [4.69, 9.17) is 9.47 Å². The molecule has 0 fully saturated rings. The maximum absolute atomic E-state index is 13.0. The van der Waals surface area contributed by atoms with Crippen LogP contribution in [0.1, 0.15) is 17.3 Å². The molecule has 23 heavy (non-hydrogen) atoms. The van der Waals surface area contributed by atoms with E-state index < -0.39 is 11.7 Å². The van der Waals surface area contributed by atoms with Crippen molar-refractivity contribution in [3.63, 3.8) is 0 Å². The summed E-state index contributed by atoms with van der Waals surface area (Å²) in [5.41, 5.74) is 0.656. The van der Waals surface area contributed by atoms with Gasteiger partial charge in [-0.1, -0.05) is 6.07 Å². The summed E-state index contributed by atoms with van der Waals surface area (Å²) in [6.45, 7) is 1.09. The van der Waals surface area contributed by atoms with Crippen LogP contribution in [-0.2, 0) is 4.79 Å². The fourth-order valence-electron chi connectivity index (χ4n) is 1.94. The lowest BCUT2D eigenvalue weighted by molar-refractivity contribution is -0.118. The fourth-order valence-corrected chi connectivity index (χ4v) is 1.94. The van der Waals surface area contributed by atoms with Gasteiger partial charge in [-0.05, 0) is 43.3 Å². The number of halogens is 1. The van der Waals surface area contributed by atoms with Crippen molar-refractivity contribution in [3.05, 3.63) is 53.8 Å². The predicted octanol–water partition coefficient (Wildman–Crippen LogP) is 3.05. The lowest BCUT2D eigenvalue weighted by Gasteiger charge is -2.11. The van der Waals surface area contributed by atoms with Crippen LogP contribution in [0.15, 0.2) is 42.5 Å². The second kappa shape index (κ2) is 7.40. The van der Waals surface area contributed by atoms with Gasteiger partial charge in [0.2, 0.25) is 0 Å². The Morgan fingerprint density at radius 1 is 1.17 bits per heavy atom. The normalized spacial score (nSPS) is 10.0. The molecule has 0 heterocycles. The molecule has 2 aromatic rings. The van der Waals surface area contributed by atoms with Crippen molar-refractivity contribution >= 4 is 17.4 Å². The van der Waals surface area contributed by atoms with Crippen LogP contribution in [0.4, 0.5) is 10.1 Å². The van der Waals surface area contributed by atoms with Crippen molar-refractivity contribution in [3.8, 4) is 11.5 Å². The van der Waals surface area contributed by atoms with Gasteiger partial charge < -0.3 is 14.8 Å². The number of Topliss-reactive ketones (excluding diaryl/α,β-unsaturated/α-hetero) is 1. The molecular weight excluding hydrogens is 301 g/mol. The summed E-state index contributed by atoms with van der Waals surface area (Å²) >= 11 is 0. The number of hydrogen-bond acceptors (Lipinski definition) is 4. The number of carbonyl (C=O) groups excluding carboxylic acids is 2. The number of hydrogen-bond donors (Lipinski definition) is 1. The average Bonchev–Trinajstić information content (AvgIpc) is 2.52. The number of amides is 1. The van der Waals surface area contributed by atoms with Crippen LogP contribution in [0, 0.1) is 5.82 Å². The molecule has 1 N–H and O–H groups in total. The molecule has 0 aliphatic carbocycles. The van der Waals surface area contributed by atoms with E-state index in [-0.39, 0.29) is 18.1 Å². The van der Waals surface area contributed by atoms with Gasteiger partial charge in [-0.15, -0.1) is 0 Å². The highest BCUT2D eigenvalue weighted by atomic mass is 19.1. The van der Waals surface area contributed by atoms with E-state index in [1.165, 1.54) is 32.2 Å². The van der Waals surface area contributed by atoms with Gasteiger partial charge in [0.15, 0.2) is 12.4 Å². The smallest absolute Gasteiger partial charge is 0.262 e. The van der Waals surface area contributed by atoms with Gasteiger partial charge in [-0.25, -0.2) is 4.39 Å². The molecule has 0 aliphatic rings. The van der Waals surface area contributed by atoms with E-state index in [2.05, 4.69) is 5.32 Å². The Balaban J connectivity index is 2.02. The number of methoxy groups -OCH3 is 1. The molecule has 0 saturated carbocycles. The van der Waals surface area contributed by atoms with Crippen molar-refractivity contribution in [2.75, 3.05) is 19.0 Å². The van der Waals surface area contributed by atoms with Crippen molar-refractivity contribution in [1.29, 1.82) is 0 Å². The summed E-state index contributed by atoms with van der Waals surface area (Å²) in [6.07, 6.45) is 0. The average molecular weight is 317 g/mol. The summed E-state index contributed by atoms with van der Waals surface area (Å²) in [5.74, 6) is -0.303. The van der Waals surface area contributed by atoms with Crippen LogP contribution >= 0.6 is 0 Å². The second-order valence-corrected chi connectivity index (χ2v) is 4.77. The molecule has 6 heteroatoms. The third kappa shape index (κ3) is 4.54. The molecule has 5 nitrogen and oxygen atoms in total. The van der Waals surface area contributed by atoms with E-state index in [9.17, 15) is 14.0 Å². The zero-order valence-corrected chi connectivity index (χ0v) is 12.8. The summed E-state index contributed by atoms with van der Waals surface area (Å²) in [6, 6.07) is 10.3. The van der Waals surface area contributed by atoms with Crippen LogP contribution in [0.2, 0.25) is 0 Å². The van der Waals surface area contributed by atoms with Crippen LogP contribution in [0.3, 0.4) is 0 Å². The first-order valence-electron chi connectivity index (χ1n) is 6.87. The van der Waals surface area contributed by atoms with Gasteiger partial charge in [-0.3, -0.25) is 9.59 Å². The molecule has 120 valence electrons. The van der Waals surface area contributed by atoms with E-state index in [1.807, 2.05) is 0 Å². The first-order valence-corrected chi connectivity index (χ1v) is 6.87. The van der Waals surface area contributed by atoms with Crippen molar-refractivity contribution in [1.82, 2.24) is 0 Å². The van der Waals surface area contributed by atoms with Gasteiger partial charge in [0.05, 0.1) is 12.7 Å². The predicted molar refractivity (Wildman–Crippen MR) is 83.5 cm³/mol. The second-order valence-electron chi connectivity index (χ2n) is 4.77. The Morgan fingerprint density at radius 3 is 2.61 bits per heavy atom. The highest BCUT2D eigenvalue weighted by molar-refractivity contribution is 5.97. The molecular formula is C17H16FNO4. The van der Waals surface area contributed by atoms with E-state index in [1.54, 1.807) is 24.3 Å². The maximum atomic E-state index is 13.0. The minimum atomic E-state index is -0.457. The first-order chi connectivity index (χ1) is 11.0. The number of benzene rings is 2. The fraction of sp³-hybridized carbons (Fsp3) is 0.176. The van der Waals surface area contributed by atoms with Crippen LogP contribution in [0.25, 0.3) is 0 Å². The minimum Gasteiger partial charge on any atom is -0.497 e. The number of ketones is 1. The standard InChI is InChI=1S/C17H16FNO4/c1-11(20)15-9-14(22-2)6-7-16(15)23-10-17(21)19-13-5-3-4-12(18)8-13/h3-9H,10H2,1-2H3,(H,19,21). The van der Waals surface area contributed by atoms with Crippen LogP contribution < -0.4 is 14.8 Å². The van der Waals surface area contributed by atoms with Crippen LogP contribution in [0.5, 0.6) is 11.5 Å². The largest absolute Gasteiger partial charge is 0.497 e. The van der Waals surface area contributed by atoms with Crippen molar-refractivity contribution < 1.29 is 23.5 Å². The Labute approximate surface area is 133 Å². The monoisotopic (exact) mass is 317 g/mol. The number of rotatable bonds is 6. The lowest BCUT2D eigenvalue weighted by atomic mass is 10.1. The van der Waals surface area contributed by atoms with Crippen molar-refractivity contribution in [2.24, 2.45) is 0 Å². The minimum absolute atomic E-state index is 0.204. The molecule has 2 rings (SSSR count). The molecule has 0 aliphatic heterocycles. The Hall–Kier alpha value is -2.89.